The molecule has 1 aromatic carbocycles. The monoisotopic (exact) mass is 472 g/mol. The first-order valence-corrected chi connectivity index (χ1v) is 11.6. The summed E-state index contributed by atoms with van der Waals surface area (Å²) in [6, 6.07) is 7.30. The summed E-state index contributed by atoms with van der Waals surface area (Å²) in [6.45, 7) is 2.72. The molecule has 2 heterocycles. The third-order valence-corrected chi connectivity index (χ3v) is 6.99. The first kappa shape index (κ1) is 22.8. The van der Waals surface area contributed by atoms with Gasteiger partial charge in [-0.3, -0.25) is 4.57 Å². The van der Waals surface area contributed by atoms with E-state index in [0.717, 1.165) is 24.6 Å². The molecule has 2 aromatic heterocycles. The van der Waals surface area contributed by atoms with Gasteiger partial charge in [0.15, 0.2) is 0 Å². The molecule has 170 valence electrons. The number of aromatic nitrogens is 2. The Morgan fingerprint density at radius 3 is 2.42 bits per heavy atom. The van der Waals surface area contributed by atoms with Gasteiger partial charge in [0.2, 0.25) is 10.0 Å². The number of sulfonamides is 1. The van der Waals surface area contributed by atoms with Crippen molar-refractivity contribution < 1.29 is 21.6 Å². The summed E-state index contributed by atoms with van der Waals surface area (Å²) < 4.78 is 66.7. The molecular formula is C23H19F3N4O2S. The molecule has 0 saturated carbocycles. The van der Waals surface area contributed by atoms with Crippen molar-refractivity contribution in [2.45, 2.75) is 37.4 Å². The van der Waals surface area contributed by atoms with Crippen molar-refractivity contribution in [1.29, 1.82) is 5.26 Å². The fourth-order valence-corrected chi connectivity index (χ4v) is 4.76. The Morgan fingerprint density at radius 2 is 1.91 bits per heavy atom. The standard InChI is InChI=1S/C23H19F3N4O2S/c1-3-15-11-19-20(12-27)21(30(17-5-4-6-17)22(19)28-13-15)16-7-9-18(10-8-16)33(31,32)29-14(2)23(24,25)26/h4-11,13-14,29H,3H2,1-2H3. The second kappa shape index (κ2) is 8.17. The van der Waals surface area contributed by atoms with Crippen LogP contribution in [0.3, 0.4) is 0 Å². The minimum atomic E-state index is -4.70. The van der Waals surface area contributed by atoms with E-state index in [0.29, 0.717) is 27.9 Å². The van der Waals surface area contributed by atoms with Crippen LogP contribution < -0.4 is 4.72 Å². The number of benzene rings is 1. The molecule has 0 amide bonds. The molecule has 3 aromatic rings. The zero-order valence-electron chi connectivity index (χ0n) is 17.7. The largest absolute Gasteiger partial charge is 0.404 e. The van der Waals surface area contributed by atoms with Crippen molar-refractivity contribution >= 4 is 26.8 Å². The predicted octanol–water partition coefficient (Wildman–Crippen LogP) is 4.78. The van der Waals surface area contributed by atoms with Crippen molar-refractivity contribution in [2.24, 2.45) is 0 Å². The third kappa shape index (κ3) is 4.05. The van der Waals surface area contributed by atoms with Gasteiger partial charge in [-0.1, -0.05) is 25.1 Å². The molecule has 1 N–H and O–H groups in total. The molecule has 10 heteroatoms. The lowest BCUT2D eigenvalue weighted by molar-refractivity contribution is -0.147. The van der Waals surface area contributed by atoms with Crippen LogP contribution in [0.2, 0.25) is 0 Å². The van der Waals surface area contributed by atoms with Crippen LogP contribution in [0.4, 0.5) is 13.2 Å². The molecule has 0 radical (unpaired) electrons. The van der Waals surface area contributed by atoms with E-state index < -0.39 is 22.2 Å². The summed E-state index contributed by atoms with van der Waals surface area (Å²) in [4.78, 5) is 4.24. The Kier molecular flexibility index (Phi) is 5.64. The van der Waals surface area contributed by atoms with Crippen LogP contribution in [-0.2, 0) is 16.4 Å². The third-order valence-electron chi connectivity index (χ3n) is 5.44. The van der Waals surface area contributed by atoms with E-state index in [-0.39, 0.29) is 4.90 Å². The molecule has 0 fully saturated rings. The van der Waals surface area contributed by atoms with Crippen LogP contribution in [0.15, 0.2) is 59.7 Å². The van der Waals surface area contributed by atoms with E-state index in [9.17, 15) is 26.9 Å². The second-order valence-electron chi connectivity index (χ2n) is 7.60. The van der Waals surface area contributed by atoms with Crippen molar-refractivity contribution in [3.8, 4) is 17.3 Å². The summed E-state index contributed by atoms with van der Waals surface area (Å²) in [6.07, 6.45) is 3.36. The average molecular weight is 472 g/mol. The van der Waals surface area contributed by atoms with E-state index in [1.54, 1.807) is 10.9 Å². The summed E-state index contributed by atoms with van der Waals surface area (Å²) in [5.41, 5.74) is 3.81. The number of fused-ring (bicyclic) bond motifs is 1. The van der Waals surface area contributed by atoms with Crippen molar-refractivity contribution in [1.82, 2.24) is 14.3 Å². The minimum absolute atomic E-state index is 0.308. The number of hydrogen-bond acceptors (Lipinski definition) is 4. The molecule has 1 aliphatic rings. The number of halogens is 3. The van der Waals surface area contributed by atoms with Crippen LogP contribution in [0.5, 0.6) is 0 Å². The Morgan fingerprint density at radius 1 is 1.24 bits per heavy atom. The van der Waals surface area contributed by atoms with Crippen molar-refractivity contribution in [3.05, 3.63) is 65.9 Å². The van der Waals surface area contributed by atoms with Gasteiger partial charge in [0.25, 0.3) is 0 Å². The van der Waals surface area contributed by atoms with Crippen LogP contribution in [0.1, 0.15) is 25.0 Å². The summed E-state index contributed by atoms with van der Waals surface area (Å²) in [5.74, 6) is 0. The number of nitrogens with one attached hydrogen (secondary N) is 1. The van der Waals surface area contributed by atoms with E-state index in [1.807, 2.05) is 35.8 Å². The number of aryl methyl sites for hydroxylation is 1. The maximum Gasteiger partial charge on any atom is 0.404 e. The van der Waals surface area contributed by atoms with Gasteiger partial charge in [0.05, 0.1) is 16.2 Å². The van der Waals surface area contributed by atoms with Gasteiger partial charge in [-0.15, -0.1) is 0 Å². The summed E-state index contributed by atoms with van der Waals surface area (Å²) >= 11 is 0. The van der Waals surface area contributed by atoms with Gasteiger partial charge in [0, 0.05) is 22.8 Å². The number of nitrogens with zero attached hydrogens (tertiary/aromatic N) is 3. The van der Waals surface area contributed by atoms with Crippen LogP contribution >= 0.6 is 0 Å². The first-order valence-electron chi connectivity index (χ1n) is 10.1. The molecule has 4 rings (SSSR count). The maximum absolute atomic E-state index is 12.8. The van der Waals surface area contributed by atoms with E-state index >= 15 is 0 Å². The smallest absolute Gasteiger partial charge is 0.293 e. The molecule has 1 unspecified atom stereocenters. The molecule has 1 aliphatic carbocycles. The van der Waals surface area contributed by atoms with Crippen molar-refractivity contribution in [3.63, 3.8) is 0 Å². The summed E-state index contributed by atoms with van der Waals surface area (Å²) in [7, 11) is -4.39. The highest BCUT2D eigenvalue weighted by molar-refractivity contribution is 7.89. The quantitative estimate of drug-likeness (QED) is 0.560. The second-order valence-corrected chi connectivity index (χ2v) is 9.31. The molecule has 0 saturated heterocycles. The first-order chi connectivity index (χ1) is 15.6. The van der Waals surface area contributed by atoms with Gasteiger partial charge < -0.3 is 0 Å². The van der Waals surface area contributed by atoms with Crippen LogP contribution in [0.25, 0.3) is 28.0 Å². The maximum atomic E-state index is 12.8. The molecule has 1 atom stereocenters. The lowest BCUT2D eigenvalue weighted by Crippen LogP contribution is -2.42. The van der Waals surface area contributed by atoms with Crippen molar-refractivity contribution in [2.75, 3.05) is 0 Å². The lowest BCUT2D eigenvalue weighted by Gasteiger charge is -2.18. The van der Waals surface area contributed by atoms with Crippen LogP contribution in [-0.4, -0.2) is 30.2 Å². The van der Waals surface area contributed by atoms with Gasteiger partial charge in [0.1, 0.15) is 17.8 Å². The number of alkyl halides is 3. The summed E-state index contributed by atoms with van der Waals surface area (Å²) in [5, 5.41) is 10.6. The molecule has 0 aliphatic heterocycles. The molecule has 33 heavy (non-hydrogen) atoms. The lowest BCUT2D eigenvalue weighted by atomic mass is 10.1. The van der Waals surface area contributed by atoms with Gasteiger partial charge in [-0.2, -0.15) is 23.2 Å². The molecule has 6 nitrogen and oxygen atoms in total. The fourth-order valence-electron chi connectivity index (χ4n) is 3.53. The Labute approximate surface area is 188 Å². The zero-order chi connectivity index (χ0) is 24.0. The number of nitriles is 1. The normalized spacial score (nSPS) is 14.6. The average Bonchev–Trinajstić information content (AvgIpc) is 3.04. The Balaban J connectivity index is 1.82. The number of allylic oxidation sites excluding steroid dienone is 4. The highest BCUT2D eigenvalue weighted by Gasteiger charge is 2.38. The predicted molar refractivity (Wildman–Crippen MR) is 119 cm³/mol. The topological polar surface area (TPSA) is 87.8 Å². The Bertz CT molecular complexity index is 1440. The zero-order valence-corrected chi connectivity index (χ0v) is 18.5. The van der Waals surface area contributed by atoms with Gasteiger partial charge in [-0.05, 0) is 49.3 Å². The highest BCUT2D eigenvalue weighted by Crippen LogP contribution is 2.37. The fraction of sp³-hybridized carbons (Fsp3) is 0.217. The number of pyridine rings is 1. The molecular weight excluding hydrogens is 453 g/mol. The highest BCUT2D eigenvalue weighted by atomic mass is 32.2. The van der Waals surface area contributed by atoms with E-state index in [1.165, 1.54) is 24.3 Å². The van der Waals surface area contributed by atoms with Gasteiger partial charge >= 0.3 is 6.18 Å². The van der Waals surface area contributed by atoms with E-state index in [2.05, 4.69) is 11.1 Å². The molecule has 0 spiro atoms. The minimum Gasteiger partial charge on any atom is -0.293 e. The number of rotatable bonds is 6. The number of hydrogen-bond donors (Lipinski definition) is 1. The molecule has 0 bridgehead atoms. The Hall–Kier alpha value is -3.42. The SMILES string of the molecule is CCc1cnc2c(c1)c(C#N)c(-c1ccc(S(=O)(=O)NC(C)C(F)(F)F)cc1)n2C1=CC=C1. The van der Waals surface area contributed by atoms with E-state index in [4.69, 9.17) is 0 Å². The van der Waals surface area contributed by atoms with Gasteiger partial charge in [-0.25, -0.2) is 13.4 Å². The van der Waals surface area contributed by atoms with Crippen LogP contribution in [0, 0.1) is 11.3 Å².